The maximum absolute atomic E-state index is 12.1. The number of pyridine rings is 1. The summed E-state index contributed by atoms with van der Waals surface area (Å²) in [5.41, 5.74) is 0.401. The highest BCUT2D eigenvalue weighted by Gasteiger charge is 2.31. The first-order chi connectivity index (χ1) is 8.51. The van der Waals surface area contributed by atoms with Gasteiger partial charge in [-0.25, -0.2) is 13.4 Å². The molecular weight excluding hydrogens is 252 g/mol. The van der Waals surface area contributed by atoms with Crippen LogP contribution in [0.2, 0.25) is 0 Å². The van der Waals surface area contributed by atoms with Gasteiger partial charge < -0.3 is 4.90 Å². The van der Waals surface area contributed by atoms with E-state index in [4.69, 9.17) is 5.26 Å². The minimum absolute atomic E-state index is 0.253. The molecule has 6 nitrogen and oxygen atoms in total. The third-order valence-corrected chi connectivity index (χ3v) is 4.68. The van der Waals surface area contributed by atoms with Crippen molar-refractivity contribution in [3.63, 3.8) is 0 Å². The third-order valence-electron chi connectivity index (χ3n) is 2.93. The highest BCUT2D eigenvalue weighted by Crippen LogP contribution is 2.17. The lowest BCUT2D eigenvalue weighted by atomic mass is 10.3. The van der Waals surface area contributed by atoms with Crippen LogP contribution >= 0.6 is 0 Å². The zero-order chi connectivity index (χ0) is 13.2. The molecule has 0 bridgehead atoms. The highest BCUT2D eigenvalue weighted by atomic mass is 32.2. The average Bonchev–Trinajstić information content (AvgIpc) is 2.77. The number of hydrogen-bond acceptors (Lipinski definition) is 5. The summed E-state index contributed by atoms with van der Waals surface area (Å²) < 4.78 is 26.6. The fourth-order valence-corrected chi connectivity index (χ4v) is 3.34. The smallest absolute Gasteiger partial charge is 0.238 e. The van der Waals surface area contributed by atoms with E-state index in [0.29, 0.717) is 18.5 Å². The molecule has 0 spiro atoms. The molecule has 0 aromatic carbocycles. The zero-order valence-corrected chi connectivity index (χ0v) is 10.8. The first-order valence-electron chi connectivity index (χ1n) is 5.57. The molecule has 0 saturated carbocycles. The van der Waals surface area contributed by atoms with Crippen molar-refractivity contribution in [1.82, 2.24) is 9.88 Å². The fourth-order valence-electron chi connectivity index (χ4n) is 1.90. The molecule has 96 valence electrons. The molecule has 2 rings (SSSR count). The molecule has 1 atom stereocenters. The molecule has 1 aromatic heterocycles. The zero-order valence-electron chi connectivity index (χ0n) is 10.00. The van der Waals surface area contributed by atoms with Crippen LogP contribution < -0.4 is 4.72 Å². The van der Waals surface area contributed by atoms with Crippen molar-refractivity contribution in [2.75, 3.05) is 24.9 Å². The number of aromatic nitrogens is 1. The van der Waals surface area contributed by atoms with Gasteiger partial charge in [-0.3, -0.25) is 4.72 Å². The number of nitriles is 1. The minimum Gasteiger partial charge on any atom is -0.305 e. The van der Waals surface area contributed by atoms with Crippen LogP contribution in [0.5, 0.6) is 0 Å². The van der Waals surface area contributed by atoms with Gasteiger partial charge in [-0.2, -0.15) is 5.26 Å². The standard InChI is InChI=1S/C11H14N4O2S/c1-15-5-4-10(8-15)18(16,17)14-11-3-2-9(6-12)7-13-11/h2-3,7,10H,4-5,8H2,1H3,(H,13,14). The molecule has 1 N–H and O–H groups in total. The van der Waals surface area contributed by atoms with E-state index in [1.165, 1.54) is 18.3 Å². The maximum Gasteiger partial charge on any atom is 0.238 e. The molecule has 1 aliphatic rings. The van der Waals surface area contributed by atoms with Crippen LogP contribution in [0.15, 0.2) is 18.3 Å². The third kappa shape index (κ3) is 2.78. The van der Waals surface area contributed by atoms with E-state index in [1.807, 2.05) is 18.0 Å². The van der Waals surface area contributed by atoms with Crippen molar-refractivity contribution in [2.24, 2.45) is 0 Å². The van der Waals surface area contributed by atoms with Gasteiger partial charge in [0.15, 0.2) is 0 Å². The number of nitrogens with zero attached hydrogens (tertiary/aromatic N) is 3. The van der Waals surface area contributed by atoms with Gasteiger partial charge in [-0.15, -0.1) is 0 Å². The van der Waals surface area contributed by atoms with E-state index in [1.54, 1.807) is 0 Å². The van der Waals surface area contributed by atoms with Gasteiger partial charge in [0.25, 0.3) is 0 Å². The summed E-state index contributed by atoms with van der Waals surface area (Å²) in [6.45, 7) is 1.32. The van der Waals surface area contributed by atoms with E-state index >= 15 is 0 Å². The van der Waals surface area contributed by atoms with Gasteiger partial charge in [-0.1, -0.05) is 0 Å². The predicted octanol–water partition coefficient (Wildman–Crippen LogP) is 0.399. The molecule has 1 aromatic rings. The largest absolute Gasteiger partial charge is 0.305 e. The van der Waals surface area contributed by atoms with Crippen molar-refractivity contribution in [3.8, 4) is 6.07 Å². The van der Waals surface area contributed by atoms with Gasteiger partial charge >= 0.3 is 0 Å². The Hall–Kier alpha value is -1.65. The highest BCUT2D eigenvalue weighted by molar-refractivity contribution is 7.93. The van der Waals surface area contributed by atoms with E-state index in [0.717, 1.165) is 6.54 Å². The molecule has 0 aliphatic carbocycles. The normalized spacial score (nSPS) is 20.6. The molecule has 1 saturated heterocycles. The Kier molecular flexibility index (Phi) is 3.50. The molecule has 0 amide bonds. The number of nitrogens with one attached hydrogen (secondary N) is 1. The molecule has 1 aliphatic heterocycles. The summed E-state index contributed by atoms with van der Waals surface area (Å²) in [5, 5.41) is 8.23. The van der Waals surface area contributed by atoms with Crippen molar-refractivity contribution < 1.29 is 8.42 Å². The van der Waals surface area contributed by atoms with Gasteiger partial charge in [0.1, 0.15) is 11.9 Å². The number of rotatable bonds is 3. The van der Waals surface area contributed by atoms with Crippen molar-refractivity contribution in [2.45, 2.75) is 11.7 Å². The Morgan fingerprint density at radius 3 is 2.83 bits per heavy atom. The Morgan fingerprint density at radius 2 is 2.33 bits per heavy atom. The molecular formula is C11H14N4O2S. The van der Waals surface area contributed by atoms with E-state index < -0.39 is 15.3 Å². The fraction of sp³-hybridized carbons (Fsp3) is 0.455. The molecule has 1 unspecified atom stereocenters. The van der Waals surface area contributed by atoms with Crippen LogP contribution in [-0.4, -0.2) is 43.7 Å². The summed E-state index contributed by atoms with van der Waals surface area (Å²) in [7, 11) is -1.50. The van der Waals surface area contributed by atoms with Gasteiger partial charge in [-0.05, 0) is 32.1 Å². The van der Waals surface area contributed by atoms with Crippen LogP contribution in [0.4, 0.5) is 5.82 Å². The van der Waals surface area contributed by atoms with Gasteiger partial charge in [0.05, 0.1) is 10.8 Å². The second-order valence-electron chi connectivity index (χ2n) is 4.36. The first kappa shape index (κ1) is 12.8. The quantitative estimate of drug-likeness (QED) is 0.855. The van der Waals surface area contributed by atoms with Crippen molar-refractivity contribution >= 4 is 15.8 Å². The molecule has 7 heteroatoms. The number of sulfonamides is 1. The Morgan fingerprint density at radius 1 is 1.56 bits per heavy atom. The molecule has 2 heterocycles. The second-order valence-corrected chi connectivity index (χ2v) is 6.32. The van der Waals surface area contributed by atoms with E-state index in [2.05, 4.69) is 9.71 Å². The monoisotopic (exact) mass is 266 g/mol. The number of anilines is 1. The summed E-state index contributed by atoms with van der Waals surface area (Å²) in [6.07, 6.45) is 1.97. The topological polar surface area (TPSA) is 86.1 Å². The summed E-state index contributed by atoms with van der Waals surface area (Å²) in [5.74, 6) is 0.253. The number of likely N-dealkylation sites (tertiary alicyclic amines) is 1. The first-order valence-corrected chi connectivity index (χ1v) is 7.12. The average molecular weight is 266 g/mol. The maximum atomic E-state index is 12.1. The Labute approximate surface area is 106 Å². The predicted molar refractivity (Wildman–Crippen MR) is 67.4 cm³/mol. The van der Waals surface area contributed by atoms with Crippen molar-refractivity contribution in [3.05, 3.63) is 23.9 Å². The van der Waals surface area contributed by atoms with E-state index in [-0.39, 0.29) is 5.82 Å². The summed E-state index contributed by atoms with van der Waals surface area (Å²) in [4.78, 5) is 5.88. The minimum atomic E-state index is -3.40. The molecule has 0 radical (unpaired) electrons. The Bertz CT molecular complexity index is 562. The lowest BCUT2D eigenvalue weighted by molar-refractivity contribution is 0.417. The SMILES string of the molecule is CN1CCC(S(=O)(=O)Nc2ccc(C#N)cn2)C1. The van der Waals surface area contributed by atoms with Crippen LogP contribution in [0.25, 0.3) is 0 Å². The van der Waals surface area contributed by atoms with Crippen molar-refractivity contribution in [1.29, 1.82) is 5.26 Å². The van der Waals surface area contributed by atoms with Crippen LogP contribution in [0.3, 0.4) is 0 Å². The molecule has 1 fully saturated rings. The van der Waals surface area contributed by atoms with Crippen LogP contribution in [-0.2, 0) is 10.0 Å². The van der Waals surface area contributed by atoms with Crippen LogP contribution in [0, 0.1) is 11.3 Å². The molecule has 18 heavy (non-hydrogen) atoms. The summed E-state index contributed by atoms with van der Waals surface area (Å²) in [6, 6.07) is 4.96. The van der Waals surface area contributed by atoms with Gasteiger partial charge in [0.2, 0.25) is 10.0 Å². The Balaban J connectivity index is 2.10. The lowest BCUT2D eigenvalue weighted by Crippen LogP contribution is -2.30. The van der Waals surface area contributed by atoms with Gasteiger partial charge in [0, 0.05) is 12.7 Å². The van der Waals surface area contributed by atoms with Crippen LogP contribution in [0.1, 0.15) is 12.0 Å². The lowest BCUT2D eigenvalue weighted by Gasteiger charge is -2.13. The summed E-state index contributed by atoms with van der Waals surface area (Å²) >= 11 is 0. The van der Waals surface area contributed by atoms with E-state index in [9.17, 15) is 8.42 Å². The number of hydrogen-bond donors (Lipinski definition) is 1. The second kappa shape index (κ2) is 4.92.